The summed E-state index contributed by atoms with van der Waals surface area (Å²) in [6.45, 7) is 3.87. The molecule has 2 N–H and O–H groups in total. The second-order valence-electron chi connectivity index (χ2n) is 4.69. The first-order valence-electron chi connectivity index (χ1n) is 6.96. The van der Waals surface area contributed by atoms with Crippen LogP contribution in [0.3, 0.4) is 0 Å². The molecule has 22 heavy (non-hydrogen) atoms. The molecule has 0 saturated carbocycles. The molecule has 0 aliphatic carbocycles. The van der Waals surface area contributed by atoms with E-state index in [1.807, 2.05) is 0 Å². The molecule has 0 aliphatic heterocycles. The highest BCUT2D eigenvalue weighted by Gasteiger charge is 2.15. The van der Waals surface area contributed by atoms with Gasteiger partial charge in [0.05, 0.1) is 12.8 Å². The molecule has 0 fully saturated rings. The van der Waals surface area contributed by atoms with Gasteiger partial charge in [-0.3, -0.25) is 9.59 Å². The molecule has 0 saturated heterocycles. The Morgan fingerprint density at radius 1 is 1.32 bits per heavy atom. The predicted molar refractivity (Wildman–Crippen MR) is 87.4 cm³/mol. The van der Waals surface area contributed by atoms with Crippen molar-refractivity contribution in [1.29, 1.82) is 0 Å². The predicted octanol–water partition coefficient (Wildman–Crippen LogP) is 2.97. The van der Waals surface area contributed by atoms with Crippen molar-refractivity contribution in [3.05, 3.63) is 23.2 Å². The molecule has 0 bridgehead atoms. The third-order valence-electron chi connectivity index (χ3n) is 2.86. The van der Waals surface area contributed by atoms with Gasteiger partial charge in [0.25, 0.3) is 0 Å². The van der Waals surface area contributed by atoms with Crippen molar-refractivity contribution in [3.8, 4) is 5.75 Å². The van der Waals surface area contributed by atoms with E-state index in [2.05, 4.69) is 22.8 Å². The molecule has 7 heteroatoms. The maximum absolute atomic E-state index is 11.8. The largest absolute Gasteiger partial charge is 0.495 e. The lowest BCUT2D eigenvalue weighted by Gasteiger charge is -2.09. The fourth-order valence-electron chi connectivity index (χ4n) is 1.64. The number of hydrazone groups is 1. The normalized spacial score (nSPS) is 11.0. The Hall–Kier alpha value is -2.08. The maximum Gasteiger partial charge on any atom is 0.329 e. The zero-order chi connectivity index (χ0) is 16.5. The van der Waals surface area contributed by atoms with Crippen molar-refractivity contribution >= 4 is 34.8 Å². The Morgan fingerprint density at radius 3 is 2.68 bits per heavy atom. The van der Waals surface area contributed by atoms with Crippen LogP contribution in [0.5, 0.6) is 5.75 Å². The lowest BCUT2D eigenvalue weighted by Crippen LogP contribution is -2.33. The number of hydrogen-bond acceptors (Lipinski definition) is 4. The Kier molecular flexibility index (Phi) is 7.39. The first-order valence-corrected chi connectivity index (χ1v) is 7.33. The van der Waals surface area contributed by atoms with Crippen LogP contribution in [-0.4, -0.2) is 24.6 Å². The minimum atomic E-state index is -0.849. The van der Waals surface area contributed by atoms with Gasteiger partial charge in [-0.2, -0.15) is 5.10 Å². The van der Waals surface area contributed by atoms with E-state index >= 15 is 0 Å². The van der Waals surface area contributed by atoms with Gasteiger partial charge in [0.15, 0.2) is 0 Å². The van der Waals surface area contributed by atoms with Crippen molar-refractivity contribution in [3.63, 3.8) is 0 Å². The quantitative estimate of drug-likeness (QED) is 0.479. The van der Waals surface area contributed by atoms with Crippen molar-refractivity contribution in [1.82, 2.24) is 5.43 Å². The van der Waals surface area contributed by atoms with E-state index < -0.39 is 11.8 Å². The van der Waals surface area contributed by atoms with E-state index in [-0.39, 0.29) is 0 Å². The number of halogens is 1. The lowest BCUT2D eigenvalue weighted by atomic mass is 10.2. The van der Waals surface area contributed by atoms with Gasteiger partial charge in [-0.05, 0) is 38.0 Å². The number of methoxy groups -OCH3 is 1. The van der Waals surface area contributed by atoms with E-state index in [1.54, 1.807) is 19.1 Å². The number of anilines is 1. The highest BCUT2D eigenvalue weighted by molar-refractivity contribution is 6.40. The molecule has 1 aromatic carbocycles. The molecule has 0 heterocycles. The Balaban J connectivity index is 2.65. The second kappa shape index (κ2) is 9.04. The van der Waals surface area contributed by atoms with Gasteiger partial charge in [-0.15, -0.1) is 0 Å². The van der Waals surface area contributed by atoms with Crippen LogP contribution in [-0.2, 0) is 9.59 Å². The summed E-state index contributed by atoms with van der Waals surface area (Å²) in [7, 11) is 1.46. The Labute approximate surface area is 134 Å². The summed E-state index contributed by atoms with van der Waals surface area (Å²) in [6.07, 6.45) is 2.80. The third-order valence-corrected chi connectivity index (χ3v) is 3.09. The summed E-state index contributed by atoms with van der Waals surface area (Å²) < 4.78 is 5.09. The van der Waals surface area contributed by atoms with Crippen LogP contribution < -0.4 is 15.5 Å². The van der Waals surface area contributed by atoms with E-state index in [0.717, 1.165) is 25.0 Å². The SMILES string of the molecule is CCCC/C(C)=N/NC(=O)C(=O)Nc1cc(Cl)ccc1OC. The number of nitrogens with one attached hydrogen (secondary N) is 2. The van der Waals surface area contributed by atoms with Crippen LogP contribution in [0.25, 0.3) is 0 Å². The molecule has 2 amide bonds. The number of ether oxygens (including phenoxy) is 1. The summed E-state index contributed by atoms with van der Waals surface area (Å²) in [6, 6.07) is 4.72. The fourth-order valence-corrected chi connectivity index (χ4v) is 1.81. The summed E-state index contributed by atoms with van der Waals surface area (Å²) in [4.78, 5) is 23.5. The van der Waals surface area contributed by atoms with E-state index in [1.165, 1.54) is 13.2 Å². The molecule has 120 valence electrons. The summed E-state index contributed by atoms with van der Waals surface area (Å²) in [5, 5.41) is 6.74. The minimum Gasteiger partial charge on any atom is -0.495 e. The molecule has 0 radical (unpaired) electrons. The Bertz CT molecular complexity index is 573. The molecular weight excluding hydrogens is 306 g/mol. The minimum absolute atomic E-state index is 0.321. The smallest absolute Gasteiger partial charge is 0.329 e. The topological polar surface area (TPSA) is 79.8 Å². The van der Waals surface area contributed by atoms with E-state index in [4.69, 9.17) is 16.3 Å². The molecular formula is C15H20ClN3O3. The average molecular weight is 326 g/mol. The van der Waals surface area contributed by atoms with Crippen LogP contribution in [0.4, 0.5) is 5.69 Å². The molecule has 0 aliphatic rings. The first kappa shape index (κ1) is 18.0. The Morgan fingerprint density at radius 2 is 2.05 bits per heavy atom. The number of carbonyl (C=O) groups is 2. The van der Waals surface area contributed by atoms with Gasteiger partial charge < -0.3 is 10.1 Å². The van der Waals surface area contributed by atoms with Gasteiger partial charge >= 0.3 is 11.8 Å². The first-order chi connectivity index (χ1) is 10.5. The van der Waals surface area contributed by atoms with Crippen LogP contribution in [0.1, 0.15) is 33.1 Å². The van der Waals surface area contributed by atoms with Gasteiger partial charge in [0.2, 0.25) is 0 Å². The second-order valence-corrected chi connectivity index (χ2v) is 5.13. The van der Waals surface area contributed by atoms with Gasteiger partial charge in [-0.25, -0.2) is 5.43 Å². The number of rotatable bonds is 6. The van der Waals surface area contributed by atoms with E-state index in [9.17, 15) is 9.59 Å². The van der Waals surface area contributed by atoms with Crippen molar-refractivity contribution < 1.29 is 14.3 Å². The molecule has 0 spiro atoms. The average Bonchev–Trinajstić information content (AvgIpc) is 2.50. The van der Waals surface area contributed by atoms with Crippen molar-refractivity contribution in [2.24, 2.45) is 5.10 Å². The molecule has 0 atom stereocenters. The monoisotopic (exact) mass is 325 g/mol. The van der Waals surface area contributed by atoms with E-state index in [0.29, 0.717) is 16.5 Å². The van der Waals surface area contributed by atoms with Gasteiger partial charge in [-0.1, -0.05) is 24.9 Å². The zero-order valence-electron chi connectivity index (χ0n) is 12.9. The molecule has 0 aromatic heterocycles. The molecule has 6 nitrogen and oxygen atoms in total. The highest BCUT2D eigenvalue weighted by atomic mass is 35.5. The zero-order valence-corrected chi connectivity index (χ0v) is 13.7. The number of benzene rings is 1. The van der Waals surface area contributed by atoms with Crippen LogP contribution in [0, 0.1) is 0 Å². The van der Waals surface area contributed by atoms with Crippen molar-refractivity contribution in [2.75, 3.05) is 12.4 Å². The fraction of sp³-hybridized carbons (Fsp3) is 0.400. The van der Waals surface area contributed by atoms with Crippen molar-refractivity contribution in [2.45, 2.75) is 33.1 Å². The van der Waals surface area contributed by atoms with Gasteiger partial charge in [0.1, 0.15) is 5.75 Å². The molecule has 0 unspecified atom stereocenters. The number of nitrogens with zero attached hydrogens (tertiary/aromatic N) is 1. The molecule has 1 aromatic rings. The summed E-state index contributed by atoms with van der Waals surface area (Å²) >= 11 is 5.86. The van der Waals surface area contributed by atoms with Crippen LogP contribution in [0.2, 0.25) is 5.02 Å². The summed E-state index contributed by atoms with van der Waals surface area (Å²) in [5.41, 5.74) is 3.31. The summed E-state index contributed by atoms with van der Waals surface area (Å²) in [5.74, 6) is -1.28. The van der Waals surface area contributed by atoms with Crippen LogP contribution >= 0.6 is 11.6 Å². The highest BCUT2D eigenvalue weighted by Crippen LogP contribution is 2.27. The number of unbranched alkanes of at least 4 members (excludes halogenated alkanes) is 1. The van der Waals surface area contributed by atoms with Gasteiger partial charge in [0, 0.05) is 10.7 Å². The number of amides is 2. The van der Waals surface area contributed by atoms with Crippen LogP contribution in [0.15, 0.2) is 23.3 Å². The third kappa shape index (κ3) is 5.73. The lowest BCUT2D eigenvalue weighted by molar-refractivity contribution is -0.136. The molecule has 1 rings (SSSR count). The number of carbonyl (C=O) groups excluding carboxylic acids is 2. The standard InChI is InChI=1S/C15H20ClN3O3/c1-4-5-6-10(2)18-19-15(21)14(20)17-12-9-11(16)7-8-13(12)22-3/h7-9H,4-6H2,1-3H3,(H,17,20)(H,19,21)/b18-10+. The maximum atomic E-state index is 11.8. The number of hydrogen-bond donors (Lipinski definition) is 2.